The fourth-order valence-electron chi connectivity index (χ4n) is 1.91. The number of aromatic nitrogens is 2. The average molecular weight is 295 g/mol. The molecule has 0 aliphatic carbocycles. The Morgan fingerprint density at radius 1 is 1.10 bits per heavy atom. The van der Waals surface area contributed by atoms with Crippen LogP contribution in [0.3, 0.4) is 0 Å². The Kier molecular flexibility index (Phi) is 4.16. The Hall–Kier alpha value is -2.11. The quantitative estimate of drug-likeness (QED) is 0.918. The van der Waals surface area contributed by atoms with Crippen molar-refractivity contribution in [1.82, 2.24) is 10.2 Å². The van der Waals surface area contributed by atoms with E-state index in [1.165, 1.54) is 6.07 Å². The van der Waals surface area contributed by atoms with E-state index in [-0.39, 0.29) is 6.04 Å². The van der Waals surface area contributed by atoms with Crippen molar-refractivity contribution in [2.24, 2.45) is 0 Å². The maximum Gasteiger partial charge on any atom is 0.416 e. The molecule has 2 aromatic rings. The van der Waals surface area contributed by atoms with Crippen LogP contribution in [-0.2, 0) is 6.18 Å². The number of nitrogens with zero attached hydrogens (tertiary/aromatic N) is 2. The highest BCUT2D eigenvalue weighted by Crippen LogP contribution is 2.31. The number of alkyl halides is 3. The molecule has 1 atom stereocenters. The van der Waals surface area contributed by atoms with E-state index in [9.17, 15) is 13.2 Å². The highest BCUT2D eigenvalue weighted by atomic mass is 19.4. The van der Waals surface area contributed by atoms with Crippen LogP contribution < -0.4 is 5.32 Å². The molecule has 0 spiro atoms. The summed E-state index contributed by atoms with van der Waals surface area (Å²) in [5.74, 6) is 0.544. The van der Waals surface area contributed by atoms with Gasteiger partial charge in [0, 0.05) is 0 Å². The van der Waals surface area contributed by atoms with Crippen molar-refractivity contribution in [1.29, 1.82) is 0 Å². The number of aryl methyl sites for hydroxylation is 2. The lowest BCUT2D eigenvalue weighted by Crippen LogP contribution is -2.11. The van der Waals surface area contributed by atoms with Crippen molar-refractivity contribution >= 4 is 5.82 Å². The van der Waals surface area contributed by atoms with Crippen molar-refractivity contribution in [2.45, 2.75) is 33.0 Å². The van der Waals surface area contributed by atoms with Crippen LogP contribution in [0.5, 0.6) is 0 Å². The molecule has 0 aliphatic rings. The van der Waals surface area contributed by atoms with E-state index in [1.807, 2.05) is 19.9 Å². The highest BCUT2D eigenvalue weighted by molar-refractivity contribution is 5.41. The lowest BCUT2D eigenvalue weighted by atomic mass is 10.0. The van der Waals surface area contributed by atoms with Gasteiger partial charge < -0.3 is 5.32 Å². The fourth-order valence-corrected chi connectivity index (χ4v) is 1.91. The number of halogens is 3. The van der Waals surface area contributed by atoms with E-state index >= 15 is 0 Å². The zero-order chi connectivity index (χ0) is 15.6. The molecule has 0 radical (unpaired) electrons. The summed E-state index contributed by atoms with van der Waals surface area (Å²) in [5, 5.41) is 11.0. The topological polar surface area (TPSA) is 37.8 Å². The first-order valence-electron chi connectivity index (χ1n) is 6.52. The smallest absolute Gasteiger partial charge is 0.362 e. The molecule has 112 valence electrons. The van der Waals surface area contributed by atoms with Gasteiger partial charge in [-0.25, -0.2) is 0 Å². The standard InChI is InChI=1S/C15H16F3N3/c1-9-7-14(21-20-10(9)2)19-11(3)12-5-4-6-13(8-12)15(16,17)18/h4-8,11H,1-3H3,(H,19,21). The van der Waals surface area contributed by atoms with Crippen LogP contribution in [0, 0.1) is 13.8 Å². The summed E-state index contributed by atoms with van der Waals surface area (Å²) in [6.07, 6.45) is -4.34. The molecule has 21 heavy (non-hydrogen) atoms. The molecular weight excluding hydrogens is 279 g/mol. The molecular formula is C15H16F3N3. The number of hydrogen-bond acceptors (Lipinski definition) is 3. The van der Waals surface area contributed by atoms with Crippen molar-refractivity contribution in [3.63, 3.8) is 0 Å². The van der Waals surface area contributed by atoms with E-state index in [1.54, 1.807) is 13.0 Å². The SMILES string of the molecule is Cc1cc(NC(C)c2cccc(C(F)(F)F)c2)nnc1C. The summed E-state index contributed by atoms with van der Waals surface area (Å²) in [6.45, 7) is 5.54. The number of hydrogen-bond donors (Lipinski definition) is 1. The van der Waals surface area contributed by atoms with Crippen molar-refractivity contribution in [3.8, 4) is 0 Å². The minimum absolute atomic E-state index is 0.302. The van der Waals surface area contributed by atoms with E-state index < -0.39 is 11.7 Å². The third-order valence-electron chi connectivity index (χ3n) is 3.31. The van der Waals surface area contributed by atoms with Crippen LogP contribution in [0.1, 0.15) is 35.3 Å². The highest BCUT2D eigenvalue weighted by Gasteiger charge is 2.30. The number of benzene rings is 1. The summed E-state index contributed by atoms with van der Waals surface area (Å²) in [6, 6.07) is 6.79. The summed E-state index contributed by atoms with van der Waals surface area (Å²) in [5.41, 5.74) is 1.70. The van der Waals surface area contributed by atoms with Crippen molar-refractivity contribution in [2.75, 3.05) is 5.32 Å². The Morgan fingerprint density at radius 2 is 1.81 bits per heavy atom. The second kappa shape index (κ2) is 5.71. The Labute approximate surface area is 121 Å². The average Bonchev–Trinajstić information content (AvgIpc) is 2.42. The minimum Gasteiger partial charge on any atom is -0.362 e. The third kappa shape index (κ3) is 3.71. The molecule has 0 amide bonds. The monoisotopic (exact) mass is 295 g/mol. The number of anilines is 1. The lowest BCUT2D eigenvalue weighted by molar-refractivity contribution is -0.137. The molecule has 0 fully saturated rings. The van der Waals surface area contributed by atoms with Gasteiger partial charge in [-0.15, -0.1) is 5.10 Å². The second-order valence-electron chi connectivity index (χ2n) is 4.99. The third-order valence-corrected chi connectivity index (χ3v) is 3.31. The van der Waals surface area contributed by atoms with Gasteiger partial charge in [0.1, 0.15) is 5.82 Å². The zero-order valence-electron chi connectivity index (χ0n) is 12.0. The number of rotatable bonds is 3. The molecule has 1 heterocycles. The van der Waals surface area contributed by atoms with Crippen LogP contribution in [0.4, 0.5) is 19.0 Å². The maximum absolute atomic E-state index is 12.7. The van der Waals surface area contributed by atoms with Gasteiger partial charge in [0.25, 0.3) is 0 Å². The largest absolute Gasteiger partial charge is 0.416 e. The minimum atomic E-state index is -4.34. The normalized spacial score (nSPS) is 13.0. The van der Waals surface area contributed by atoms with Gasteiger partial charge in [0.2, 0.25) is 0 Å². The summed E-state index contributed by atoms with van der Waals surface area (Å²) < 4.78 is 38.1. The van der Waals surface area contributed by atoms with Crippen LogP contribution in [0.2, 0.25) is 0 Å². The van der Waals surface area contributed by atoms with Crippen LogP contribution >= 0.6 is 0 Å². The molecule has 0 saturated carbocycles. The van der Waals surface area contributed by atoms with Gasteiger partial charge in [-0.2, -0.15) is 18.3 Å². The van der Waals surface area contributed by atoms with Gasteiger partial charge >= 0.3 is 6.18 Å². The Balaban J connectivity index is 2.20. The van der Waals surface area contributed by atoms with Gasteiger partial charge in [-0.05, 0) is 50.1 Å². The Bertz CT molecular complexity index is 638. The molecule has 1 aromatic carbocycles. The predicted octanol–water partition coefficient (Wildman–Crippen LogP) is 4.29. The molecule has 1 N–H and O–H groups in total. The van der Waals surface area contributed by atoms with E-state index in [4.69, 9.17) is 0 Å². The maximum atomic E-state index is 12.7. The van der Waals surface area contributed by atoms with Gasteiger partial charge in [0.05, 0.1) is 17.3 Å². The number of nitrogens with one attached hydrogen (secondary N) is 1. The molecule has 1 aromatic heterocycles. The Morgan fingerprint density at radius 3 is 2.43 bits per heavy atom. The first kappa shape index (κ1) is 15.3. The second-order valence-corrected chi connectivity index (χ2v) is 4.99. The lowest BCUT2D eigenvalue weighted by Gasteiger charge is -2.17. The predicted molar refractivity (Wildman–Crippen MR) is 75.0 cm³/mol. The summed E-state index contributed by atoms with van der Waals surface area (Å²) >= 11 is 0. The molecule has 1 unspecified atom stereocenters. The van der Waals surface area contributed by atoms with Crippen LogP contribution in [0.25, 0.3) is 0 Å². The first-order chi connectivity index (χ1) is 9.77. The molecule has 0 bridgehead atoms. The summed E-state index contributed by atoms with van der Waals surface area (Å²) in [4.78, 5) is 0. The van der Waals surface area contributed by atoms with E-state index in [0.717, 1.165) is 23.4 Å². The van der Waals surface area contributed by atoms with E-state index in [2.05, 4.69) is 15.5 Å². The van der Waals surface area contributed by atoms with Crippen LogP contribution in [-0.4, -0.2) is 10.2 Å². The fraction of sp³-hybridized carbons (Fsp3) is 0.333. The van der Waals surface area contributed by atoms with Crippen molar-refractivity contribution < 1.29 is 13.2 Å². The summed E-state index contributed by atoms with van der Waals surface area (Å²) in [7, 11) is 0. The zero-order valence-corrected chi connectivity index (χ0v) is 12.0. The molecule has 3 nitrogen and oxygen atoms in total. The molecule has 6 heteroatoms. The first-order valence-corrected chi connectivity index (χ1v) is 6.52. The van der Waals surface area contributed by atoms with Gasteiger partial charge in [-0.1, -0.05) is 12.1 Å². The van der Waals surface area contributed by atoms with Gasteiger partial charge in [0.15, 0.2) is 0 Å². The van der Waals surface area contributed by atoms with Crippen LogP contribution in [0.15, 0.2) is 30.3 Å². The molecule has 0 saturated heterocycles. The van der Waals surface area contributed by atoms with Gasteiger partial charge in [-0.3, -0.25) is 0 Å². The van der Waals surface area contributed by atoms with Crippen molar-refractivity contribution in [3.05, 3.63) is 52.7 Å². The van der Waals surface area contributed by atoms with E-state index in [0.29, 0.717) is 11.4 Å². The molecule has 2 rings (SSSR count). The molecule has 0 aliphatic heterocycles.